The quantitative estimate of drug-likeness (QED) is 0.580. The molecule has 9 heteroatoms. The van der Waals surface area contributed by atoms with Gasteiger partial charge in [0.05, 0.1) is 23.9 Å². The molecule has 0 aliphatic heterocycles. The van der Waals surface area contributed by atoms with Crippen molar-refractivity contribution in [1.29, 1.82) is 5.26 Å². The van der Waals surface area contributed by atoms with E-state index in [0.717, 1.165) is 17.7 Å². The minimum atomic E-state index is -4.55. The molecule has 1 aromatic carbocycles. The molecule has 0 amide bonds. The Morgan fingerprint density at radius 2 is 2.09 bits per heavy atom. The topological polar surface area (TPSA) is 81.0 Å². The fourth-order valence-corrected chi connectivity index (χ4v) is 2.64. The molecule has 0 atom stereocenters. The molecular weight excluding hydrogens is 426 g/mol. The maximum atomic E-state index is 13.0. The molecule has 1 heterocycles. The predicted octanol–water partition coefficient (Wildman–Crippen LogP) is 3.34. The third-order valence-corrected chi connectivity index (χ3v) is 4.02. The van der Waals surface area contributed by atoms with Gasteiger partial charge < -0.3 is 15.0 Å². The summed E-state index contributed by atoms with van der Waals surface area (Å²) in [5.74, 6) is -0.851. The van der Waals surface area contributed by atoms with Crippen LogP contribution < -0.4 is 5.73 Å². The molecule has 1 aromatic heterocycles. The van der Waals surface area contributed by atoms with Crippen molar-refractivity contribution in [3.8, 4) is 11.8 Å². The Hall–Kier alpha value is -2.22. The number of esters is 1. The zero-order chi connectivity index (χ0) is 17.4. The van der Waals surface area contributed by atoms with Crippen LogP contribution in [0, 0.1) is 14.9 Å². The second-order valence-corrected chi connectivity index (χ2v) is 5.60. The molecule has 2 N–H and O–H groups in total. The van der Waals surface area contributed by atoms with Gasteiger partial charge in [-0.05, 0) is 40.8 Å². The summed E-state index contributed by atoms with van der Waals surface area (Å²) < 4.78 is 44.8. The Morgan fingerprint density at radius 1 is 1.43 bits per heavy atom. The van der Waals surface area contributed by atoms with Gasteiger partial charge in [-0.1, -0.05) is 0 Å². The molecule has 0 saturated carbocycles. The number of nitriles is 1. The lowest BCUT2D eigenvalue weighted by Crippen LogP contribution is -2.13. The monoisotopic (exact) mass is 435 g/mol. The number of nitrogens with zero attached hydrogens (tertiary/aromatic N) is 2. The second kappa shape index (κ2) is 6.11. The first-order valence-electron chi connectivity index (χ1n) is 6.07. The Morgan fingerprint density at radius 3 is 2.61 bits per heavy atom. The van der Waals surface area contributed by atoms with Crippen molar-refractivity contribution in [3.05, 3.63) is 44.8 Å². The van der Waals surface area contributed by atoms with Crippen LogP contribution in [0.1, 0.15) is 21.6 Å². The highest BCUT2D eigenvalue weighted by atomic mass is 127. The molecule has 0 fully saturated rings. The molecule has 2 aromatic rings. The molecule has 0 spiro atoms. The summed E-state index contributed by atoms with van der Waals surface area (Å²) in [4.78, 5) is 11.9. The number of ether oxygens (including phenoxy) is 1. The highest BCUT2D eigenvalue weighted by Gasteiger charge is 2.33. The van der Waals surface area contributed by atoms with Crippen molar-refractivity contribution in [2.45, 2.75) is 6.18 Å². The van der Waals surface area contributed by atoms with E-state index in [-0.39, 0.29) is 26.2 Å². The van der Waals surface area contributed by atoms with Gasteiger partial charge in [0.15, 0.2) is 5.69 Å². The van der Waals surface area contributed by atoms with Crippen molar-refractivity contribution in [3.63, 3.8) is 0 Å². The number of carbonyl (C=O) groups is 1. The number of hydrogen-bond donors (Lipinski definition) is 1. The molecule has 0 unspecified atom stereocenters. The molecule has 0 radical (unpaired) electrons. The number of benzene rings is 1. The van der Waals surface area contributed by atoms with E-state index in [0.29, 0.717) is 0 Å². The number of halogens is 4. The van der Waals surface area contributed by atoms with Crippen LogP contribution >= 0.6 is 22.6 Å². The fourth-order valence-electron chi connectivity index (χ4n) is 2.00. The molecule has 0 aliphatic rings. The van der Waals surface area contributed by atoms with Crippen LogP contribution in [0.4, 0.5) is 18.9 Å². The number of carbonyl (C=O) groups excluding carboxylic acids is 1. The van der Waals surface area contributed by atoms with Gasteiger partial charge in [-0.15, -0.1) is 0 Å². The van der Waals surface area contributed by atoms with Crippen molar-refractivity contribution in [1.82, 2.24) is 4.57 Å². The number of rotatable bonds is 2. The molecule has 23 heavy (non-hydrogen) atoms. The standard InChI is InChI=1S/C14H9F3IN3O2/c1-23-13(22)12-11(20)7(5-19)6-21(12)8-2-3-10(18)9(4-8)14(15,16)17/h2-4,6H,20H2,1H3. The van der Waals surface area contributed by atoms with Crippen LogP contribution in [0.5, 0.6) is 0 Å². The Kier molecular flexibility index (Phi) is 4.56. The first-order chi connectivity index (χ1) is 10.7. The van der Waals surface area contributed by atoms with Gasteiger partial charge in [0, 0.05) is 15.5 Å². The minimum Gasteiger partial charge on any atom is -0.464 e. The number of nitrogen functional groups attached to an aromatic ring is 1. The minimum absolute atomic E-state index is 0.0131. The fraction of sp³-hybridized carbons (Fsp3) is 0.143. The van der Waals surface area contributed by atoms with E-state index in [1.165, 1.54) is 18.3 Å². The maximum absolute atomic E-state index is 13.0. The summed E-state index contributed by atoms with van der Waals surface area (Å²) in [6, 6.07) is 5.33. The Balaban J connectivity index is 2.73. The van der Waals surface area contributed by atoms with E-state index >= 15 is 0 Å². The van der Waals surface area contributed by atoms with Gasteiger partial charge in [-0.2, -0.15) is 18.4 Å². The molecule has 120 valence electrons. The smallest absolute Gasteiger partial charge is 0.417 e. The lowest BCUT2D eigenvalue weighted by Gasteiger charge is -2.13. The van der Waals surface area contributed by atoms with Gasteiger partial charge in [-0.25, -0.2) is 4.79 Å². The number of anilines is 1. The summed E-state index contributed by atoms with van der Waals surface area (Å²) in [5, 5.41) is 9.01. The molecule has 0 bridgehead atoms. The van der Waals surface area contributed by atoms with Gasteiger partial charge in [-0.3, -0.25) is 0 Å². The van der Waals surface area contributed by atoms with Crippen LogP contribution in [0.2, 0.25) is 0 Å². The van der Waals surface area contributed by atoms with Crippen LogP contribution in [-0.2, 0) is 10.9 Å². The summed E-state index contributed by atoms with van der Waals surface area (Å²) in [6.45, 7) is 0. The summed E-state index contributed by atoms with van der Waals surface area (Å²) in [7, 11) is 1.11. The summed E-state index contributed by atoms with van der Waals surface area (Å²) in [6.07, 6.45) is -3.35. The first kappa shape index (κ1) is 17.1. The highest BCUT2D eigenvalue weighted by molar-refractivity contribution is 14.1. The number of alkyl halides is 3. The molecule has 0 saturated heterocycles. The molecule has 2 rings (SSSR count). The SMILES string of the molecule is COC(=O)c1c(N)c(C#N)cn1-c1ccc(I)c(C(F)(F)F)c1. The highest BCUT2D eigenvalue weighted by Crippen LogP contribution is 2.35. The number of methoxy groups -OCH3 is 1. The van der Waals surface area contributed by atoms with E-state index < -0.39 is 17.7 Å². The second-order valence-electron chi connectivity index (χ2n) is 4.44. The van der Waals surface area contributed by atoms with E-state index in [9.17, 15) is 18.0 Å². The van der Waals surface area contributed by atoms with Crippen molar-refractivity contribution in [2.24, 2.45) is 0 Å². The largest absolute Gasteiger partial charge is 0.464 e. The normalized spacial score (nSPS) is 11.1. The number of aromatic nitrogens is 1. The zero-order valence-corrected chi connectivity index (χ0v) is 13.8. The van der Waals surface area contributed by atoms with E-state index in [4.69, 9.17) is 11.0 Å². The van der Waals surface area contributed by atoms with E-state index in [2.05, 4.69) is 4.74 Å². The maximum Gasteiger partial charge on any atom is 0.417 e. The average molecular weight is 435 g/mol. The summed E-state index contributed by atoms with van der Waals surface area (Å²) >= 11 is 1.57. The van der Waals surface area contributed by atoms with Gasteiger partial charge >= 0.3 is 12.1 Å². The van der Waals surface area contributed by atoms with Crippen molar-refractivity contribution >= 4 is 34.2 Å². The van der Waals surface area contributed by atoms with E-state index in [1.54, 1.807) is 28.7 Å². The average Bonchev–Trinajstić information content (AvgIpc) is 2.82. The van der Waals surface area contributed by atoms with Crippen LogP contribution in [0.3, 0.4) is 0 Å². The summed E-state index contributed by atoms with van der Waals surface area (Å²) in [5.41, 5.74) is 4.54. The van der Waals surface area contributed by atoms with Crippen molar-refractivity contribution in [2.75, 3.05) is 12.8 Å². The zero-order valence-electron chi connectivity index (χ0n) is 11.6. The molecule has 0 aliphatic carbocycles. The van der Waals surface area contributed by atoms with Gasteiger partial charge in [0.2, 0.25) is 0 Å². The van der Waals surface area contributed by atoms with Crippen LogP contribution in [0.15, 0.2) is 24.4 Å². The third kappa shape index (κ3) is 3.12. The Bertz CT molecular complexity index is 822. The lowest BCUT2D eigenvalue weighted by atomic mass is 10.2. The van der Waals surface area contributed by atoms with E-state index in [1.807, 2.05) is 0 Å². The van der Waals surface area contributed by atoms with Crippen LogP contribution in [-0.4, -0.2) is 17.6 Å². The number of nitrogens with two attached hydrogens (primary N) is 1. The van der Waals surface area contributed by atoms with Crippen molar-refractivity contribution < 1.29 is 22.7 Å². The first-order valence-corrected chi connectivity index (χ1v) is 7.15. The Labute approximate surface area is 142 Å². The van der Waals surface area contributed by atoms with Crippen LogP contribution in [0.25, 0.3) is 5.69 Å². The predicted molar refractivity (Wildman–Crippen MR) is 84.0 cm³/mol. The third-order valence-electron chi connectivity index (χ3n) is 3.08. The lowest BCUT2D eigenvalue weighted by molar-refractivity contribution is -0.138. The van der Waals surface area contributed by atoms with Gasteiger partial charge in [0.1, 0.15) is 6.07 Å². The van der Waals surface area contributed by atoms with Gasteiger partial charge in [0.25, 0.3) is 0 Å². The number of hydrogen-bond acceptors (Lipinski definition) is 4. The molecule has 5 nitrogen and oxygen atoms in total. The molecular formula is C14H9F3IN3O2.